The fourth-order valence-corrected chi connectivity index (χ4v) is 1.39. The van der Waals surface area contributed by atoms with E-state index in [2.05, 4.69) is 10.2 Å². The van der Waals surface area contributed by atoms with Crippen LogP contribution in [0.15, 0.2) is 23.0 Å². The van der Waals surface area contributed by atoms with Gasteiger partial charge in [-0.05, 0) is 25.1 Å². The minimum absolute atomic E-state index is 0.0483. The fourth-order valence-electron chi connectivity index (χ4n) is 1.39. The standard InChI is InChI=1S/C10H9FN2O2/c1-5-9(12-13-10(5)15)7-4-6(14)2-3-8(7)11/h2-4,14H,1H3,(H2,12,13,15). The molecule has 0 aliphatic rings. The molecule has 4 nitrogen and oxygen atoms in total. The smallest absolute Gasteiger partial charge is 0.267 e. The topological polar surface area (TPSA) is 68.9 Å². The summed E-state index contributed by atoms with van der Waals surface area (Å²) in [7, 11) is 0. The third-order valence-electron chi connectivity index (χ3n) is 2.24. The van der Waals surface area contributed by atoms with Crippen LogP contribution in [0.2, 0.25) is 0 Å². The largest absolute Gasteiger partial charge is 0.508 e. The Balaban J connectivity index is 2.68. The van der Waals surface area contributed by atoms with Gasteiger partial charge < -0.3 is 5.11 Å². The summed E-state index contributed by atoms with van der Waals surface area (Å²) in [5.41, 5.74) is 0.617. The fraction of sp³-hybridized carbons (Fsp3) is 0.100. The molecule has 0 spiro atoms. The second kappa shape index (κ2) is 3.27. The van der Waals surface area contributed by atoms with Crippen LogP contribution in [0.4, 0.5) is 4.39 Å². The van der Waals surface area contributed by atoms with Gasteiger partial charge in [-0.2, -0.15) is 0 Å². The molecule has 78 valence electrons. The van der Waals surface area contributed by atoms with Crippen LogP contribution < -0.4 is 5.56 Å². The van der Waals surface area contributed by atoms with E-state index in [1.54, 1.807) is 6.92 Å². The minimum Gasteiger partial charge on any atom is -0.508 e. The number of H-pyrrole nitrogens is 2. The average Bonchev–Trinajstić information content (AvgIpc) is 2.52. The Hall–Kier alpha value is -2.04. The van der Waals surface area contributed by atoms with Crippen molar-refractivity contribution in [2.45, 2.75) is 6.92 Å². The molecule has 1 aromatic carbocycles. The third kappa shape index (κ3) is 1.52. The molecule has 15 heavy (non-hydrogen) atoms. The number of aromatic hydroxyl groups is 1. The Labute approximate surface area is 84.4 Å². The molecule has 0 amide bonds. The van der Waals surface area contributed by atoms with Crippen molar-refractivity contribution in [2.75, 3.05) is 0 Å². The van der Waals surface area contributed by atoms with Gasteiger partial charge in [0.05, 0.1) is 5.69 Å². The Morgan fingerprint density at radius 2 is 2.07 bits per heavy atom. The molecule has 0 atom stereocenters. The van der Waals surface area contributed by atoms with E-state index in [1.165, 1.54) is 12.1 Å². The number of phenolic OH excluding ortho intramolecular Hbond substituents is 1. The van der Waals surface area contributed by atoms with Crippen molar-refractivity contribution in [1.82, 2.24) is 10.2 Å². The first-order chi connectivity index (χ1) is 7.09. The molecule has 0 aliphatic heterocycles. The van der Waals surface area contributed by atoms with Gasteiger partial charge >= 0.3 is 0 Å². The number of hydrogen-bond donors (Lipinski definition) is 3. The van der Waals surface area contributed by atoms with Crippen LogP contribution >= 0.6 is 0 Å². The van der Waals surface area contributed by atoms with Gasteiger partial charge in [0.15, 0.2) is 0 Å². The molecular weight excluding hydrogens is 199 g/mol. The van der Waals surface area contributed by atoms with Crippen LogP contribution in [-0.2, 0) is 0 Å². The van der Waals surface area contributed by atoms with Gasteiger partial charge in [0.1, 0.15) is 11.6 Å². The first kappa shape index (κ1) is 9.51. The summed E-state index contributed by atoms with van der Waals surface area (Å²) in [5.74, 6) is -0.543. The molecule has 2 rings (SSSR count). The predicted octanol–water partition coefficient (Wildman–Crippen LogP) is 1.52. The number of hydrogen-bond acceptors (Lipinski definition) is 2. The molecule has 0 unspecified atom stereocenters. The molecule has 0 saturated carbocycles. The van der Waals surface area contributed by atoms with Gasteiger partial charge in [-0.15, -0.1) is 0 Å². The van der Waals surface area contributed by atoms with Gasteiger partial charge in [-0.3, -0.25) is 15.0 Å². The zero-order valence-corrected chi connectivity index (χ0v) is 7.97. The van der Waals surface area contributed by atoms with Crippen LogP contribution in [0.3, 0.4) is 0 Å². The molecule has 0 radical (unpaired) electrons. The second-order valence-corrected chi connectivity index (χ2v) is 3.24. The summed E-state index contributed by atoms with van der Waals surface area (Å²) >= 11 is 0. The average molecular weight is 208 g/mol. The van der Waals surface area contributed by atoms with Crippen LogP contribution in [0.5, 0.6) is 5.75 Å². The molecular formula is C10H9FN2O2. The summed E-state index contributed by atoms with van der Waals surface area (Å²) < 4.78 is 13.4. The number of phenols is 1. The molecule has 1 heterocycles. The van der Waals surface area contributed by atoms with E-state index in [4.69, 9.17) is 0 Å². The monoisotopic (exact) mass is 208 g/mol. The van der Waals surface area contributed by atoms with Crippen molar-refractivity contribution < 1.29 is 9.50 Å². The van der Waals surface area contributed by atoms with Crippen LogP contribution in [0.1, 0.15) is 5.56 Å². The van der Waals surface area contributed by atoms with Crippen molar-refractivity contribution in [3.63, 3.8) is 0 Å². The summed E-state index contributed by atoms with van der Waals surface area (Å²) in [5, 5.41) is 14.2. The van der Waals surface area contributed by atoms with E-state index in [0.29, 0.717) is 11.3 Å². The van der Waals surface area contributed by atoms with Crippen molar-refractivity contribution in [1.29, 1.82) is 0 Å². The normalized spacial score (nSPS) is 10.5. The van der Waals surface area contributed by atoms with Crippen LogP contribution in [-0.4, -0.2) is 15.3 Å². The van der Waals surface area contributed by atoms with E-state index >= 15 is 0 Å². The van der Waals surface area contributed by atoms with Gasteiger partial charge in [-0.1, -0.05) is 0 Å². The van der Waals surface area contributed by atoms with Crippen LogP contribution in [0.25, 0.3) is 11.3 Å². The number of aromatic amines is 2. The zero-order chi connectivity index (χ0) is 11.0. The van der Waals surface area contributed by atoms with E-state index in [1.807, 2.05) is 0 Å². The Morgan fingerprint density at radius 1 is 1.33 bits per heavy atom. The molecule has 1 aromatic heterocycles. The second-order valence-electron chi connectivity index (χ2n) is 3.24. The predicted molar refractivity (Wildman–Crippen MR) is 53.2 cm³/mol. The maximum Gasteiger partial charge on any atom is 0.267 e. The molecule has 3 N–H and O–H groups in total. The number of benzene rings is 1. The molecule has 5 heteroatoms. The highest BCUT2D eigenvalue weighted by atomic mass is 19.1. The van der Waals surface area contributed by atoms with Gasteiger partial charge in [0.2, 0.25) is 0 Å². The first-order valence-electron chi connectivity index (χ1n) is 4.35. The van der Waals surface area contributed by atoms with E-state index in [-0.39, 0.29) is 16.9 Å². The lowest BCUT2D eigenvalue weighted by molar-refractivity contribution is 0.473. The third-order valence-corrected chi connectivity index (χ3v) is 2.24. The minimum atomic E-state index is -0.494. The highest BCUT2D eigenvalue weighted by Gasteiger charge is 2.12. The highest BCUT2D eigenvalue weighted by Crippen LogP contribution is 2.25. The van der Waals surface area contributed by atoms with Crippen LogP contribution in [0, 0.1) is 12.7 Å². The molecule has 0 fully saturated rings. The number of aromatic nitrogens is 2. The molecule has 0 bridgehead atoms. The van der Waals surface area contributed by atoms with Gasteiger partial charge in [-0.25, -0.2) is 4.39 Å². The summed E-state index contributed by atoms with van der Waals surface area (Å²) in [6.45, 7) is 1.58. The number of rotatable bonds is 1. The summed E-state index contributed by atoms with van der Waals surface area (Å²) in [4.78, 5) is 11.1. The van der Waals surface area contributed by atoms with Crippen molar-refractivity contribution in [3.05, 3.63) is 39.9 Å². The quantitative estimate of drug-likeness (QED) is 0.665. The Morgan fingerprint density at radius 3 is 2.67 bits per heavy atom. The number of nitrogens with one attached hydrogen (secondary N) is 2. The van der Waals surface area contributed by atoms with E-state index in [9.17, 15) is 14.3 Å². The van der Waals surface area contributed by atoms with E-state index < -0.39 is 5.82 Å². The zero-order valence-electron chi connectivity index (χ0n) is 7.97. The Kier molecular flexibility index (Phi) is 2.07. The SMILES string of the molecule is Cc1c(-c2cc(O)ccc2F)[nH][nH]c1=O. The number of halogens is 1. The van der Waals surface area contributed by atoms with Gasteiger partial charge in [0, 0.05) is 11.1 Å². The lowest BCUT2D eigenvalue weighted by atomic mass is 10.1. The van der Waals surface area contributed by atoms with E-state index in [0.717, 1.165) is 6.07 Å². The van der Waals surface area contributed by atoms with Crippen molar-refractivity contribution >= 4 is 0 Å². The molecule has 2 aromatic rings. The Bertz CT molecular complexity index is 557. The van der Waals surface area contributed by atoms with Gasteiger partial charge in [0.25, 0.3) is 5.56 Å². The highest BCUT2D eigenvalue weighted by molar-refractivity contribution is 5.64. The lowest BCUT2D eigenvalue weighted by Gasteiger charge is -2.01. The maximum absolute atomic E-state index is 13.4. The maximum atomic E-state index is 13.4. The van der Waals surface area contributed by atoms with Crippen molar-refractivity contribution in [2.24, 2.45) is 0 Å². The molecule has 0 aliphatic carbocycles. The molecule has 0 saturated heterocycles. The summed E-state index contributed by atoms with van der Waals surface area (Å²) in [6.07, 6.45) is 0. The van der Waals surface area contributed by atoms with Crippen molar-refractivity contribution in [3.8, 4) is 17.0 Å². The first-order valence-corrected chi connectivity index (χ1v) is 4.35. The lowest BCUT2D eigenvalue weighted by Crippen LogP contribution is -2.00. The summed E-state index contributed by atoms with van der Waals surface area (Å²) in [6, 6.07) is 3.66.